The minimum Gasteiger partial charge on any atom is -0.482 e. The Balaban J connectivity index is 1.44. The molecule has 0 saturated heterocycles. The maximum Gasteiger partial charge on any atom is 0.341 e. The summed E-state index contributed by atoms with van der Waals surface area (Å²) in [4.78, 5) is 16.6. The number of hydrogen-bond acceptors (Lipinski definition) is 4. The molecule has 0 heterocycles. The van der Waals surface area contributed by atoms with Crippen LogP contribution < -0.4 is 4.74 Å². The molecule has 0 amide bonds. The first kappa shape index (κ1) is 22.3. The van der Waals surface area contributed by atoms with Crippen LogP contribution in [0.5, 0.6) is 5.75 Å². The van der Waals surface area contributed by atoms with Crippen LogP contribution >= 0.6 is 0 Å². The van der Waals surface area contributed by atoms with E-state index in [-0.39, 0.29) is 12.5 Å². The van der Waals surface area contributed by atoms with Crippen molar-refractivity contribution in [2.75, 3.05) is 13.2 Å². The van der Waals surface area contributed by atoms with Gasteiger partial charge in [0.25, 0.3) is 0 Å². The molecule has 0 bridgehead atoms. The van der Waals surface area contributed by atoms with Gasteiger partial charge in [-0.05, 0) is 42.5 Å². The summed E-state index contributed by atoms with van der Waals surface area (Å²) in [6, 6.07) is 25.9. The van der Waals surface area contributed by atoms with Crippen LogP contribution in [0.2, 0.25) is 0 Å². The average Bonchev–Trinajstić information content (AvgIpc) is 2.86. The minimum absolute atomic E-state index is 0.248. The smallest absolute Gasteiger partial charge is 0.341 e. The number of fused-ring (bicyclic) bond motifs is 1. The summed E-state index contributed by atoms with van der Waals surface area (Å²) < 4.78 is 5.50. The molecule has 3 aromatic rings. The van der Waals surface area contributed by atoms with Crippen LogP contribution in [0.15, 0.2) is 96.2 Å². The van der Waals surface area contributed by atoms with E-state index in [0.29, 0.717) is 12.4 Å². The Morgan fingerprint density at radius 3 is 2.33 bits per heavy atom. The maximum absolute atomic E-state index is 10.9. The number of allylic oxidation sites excluding steroid dienone is 1. The topological polar surface area (TPSA) is 68.1 Å². The van der Waals surface area contributed by atoms with Crippen LogP contribution in [0.4, 0.5) is 0 Å². The second-order valence-corrected chi connectivity index (χ2v) is 7.90. The Kier molecular flexibility index (Phi) is 7.54. The molecule has 168 valence electrons. The third-order valence-electron chi connectivity index (χ3n) is 5.65. The van der Waals surface area contributed by atoms with Crippen LogP contribution in [0.3, 0.4) is 0 Å². The van der Waals surface area contributed by atoms with Gasteiger partial charge in [-0.3, -0.25) is 0 Å². The molecule has 1 aliphatic rings. The van der Waals surface area contributed by atoms with Crippen molar-refractivity contribution in [2.45, 2.75) is 25.2 Å². The number of hydrogen-bond donors (Lipinski definition) is 1. The van der Waals surface area contributed by atoms with Gasteiger partial charge in [0.1, 0.15) is 18.1 Å². The normalized spacial score (nSPS) is 15.0. The molecule has 5 nitrogen and oxygen atoms in total. The number of benzene rings is 3. The number of carboxylic acids is 1. The molecular weight excluding hydrogens is 414 g/mol. The second-order valence-electron chi connectivity index (χ2n) is 7.90. The van der Waals surface area contributed by atoms with E-state index in [4.69, 9.17) is 14.7 Å². The quantitative estimate of drug-likeness (QED) is 0.203. The van der Waals surface area contributed by atoms with Crippen molar-refractivity contribution in [3.63, 3.8) is 0 Å². The lowest BCUT2D eigenvalue weighted by Crippen LogP contribution is -2.14. The number of nitrogens with zero attached hydrogens (tertiary/aromatic N) is 1. The average molecular weight is 442 g/mol. The van der Waals surface area contributed by atoms with E-state index in [0.717, 1.165) is 41.7 Å². The van der Waals surface area contributed by atoms with Gasteiger partial charge in [-0.25, -0.2) is 4.79 Å². The zero-order chi connectivity index (χ0) is 22.9. The molecule has 0 aromatic heterocycles. The molecular formula is C28H27NO4. The van der Waals surface area contributed by atoms with Crippen molar-refractivity contribution in [1.29, 1.82) is 0 Å². The van der Waals surface area contributed by atoms with Gasteiger partial charge >= 0.3 is 5.97 Å². The van der Waals surface area contributed by atoms with Crippen molar-refractivity contribution < 1.29 is 19.5 Å². The Morgan fingerprint density at radius 1 is 0.970 bits per heavy atom. The zero-order valence-corrected chi connectivity index (χ0v) is 18.4. The molecule has 33 heavy (non-hydrogen) atoms. The third-order valence-corrected chi connectivity index (χ3v) is 5.65. The van der Waals surface area contributed by atoms with Gasteiger partial charge in [0.2, 0.25) is 0 Å². The molecule has 4 rings (SSSR count). The van der Waals surface area contributed by atoms with Gasteiger partial charge in [-0.15, -0.1) is 0 Å². The van der Waals surface area contributed by atoms with Crippen molar-refractivity contribution in [3.05, 3.63) is 113 Å². The van der Waals surface area contributed by atoms with Crippen LogP contribution in [0.1, 0.15) is 41.0 Å². The van der Waals surface area contributed by atoms with E-state index >= 15 is 0 Å². The van der Waals surface area contributed by atoms with Crippen molar-refractivity contribution in [2.24, 2.45) is 5.16 Å². The SMILES string of the molecule is O=C(O)COc1cccc2c1CCCC2C=CCON=C(c1ccccc1)c1ccccc1. The van der Waals surface area contributed by atoms with Crippen LogP contribution in [0.25, 0.3) is 0 Å². The minimum atomic E-state index is -0.970. The first-order valence-corrected chi connectivity index (χ1v) is 11.2. The summed E-state index contributed by atoms with van der Waals surface area (Å²) in [7, 11) is 0. The van der Waals surface area contributed by atoms with Crippen LogP contribution in [0, 0.1) is 0 Å². The van der Waals surface area contributed by atoms with Crippen LogP contribution in [-0.4, -0.2) is 30.0 Å². The monoisotopic (exact) mass is 441 g/mol. The highest BCUT2D eigenvalue weighted by molar-refractivity contribution is 6.12. The molecule has 1 unspecified atom stereocenters. The Labute approximate surface area is 194 Å². The summed E-state index contributed by atoms with van der Waals surface area (Å²) >= 11 is 0. The lowest BCUT2D eigenvalue weighted by atomic mass is 9.82. The molecule has 5 heteroatoms. The van der Waals surface area contributed by atoms with Gasteiger partial charge in [0.15, 0.2) is 6.61 Å². The van der Waals surface area contributed by atoms with Gasteiger partial charge in [0.05, 0.1) is 0 Å². The van der Waals surface area contributed by atoms with E-state index in [9.17, 15) is 4.79 Å². The number of aliphatic carboxylic acids is 1. The number of carbonyl (C=O) groups is 1. The number of ether oxygens (including phenoxy) is 1. The van der Waals surface area contributed by atoms with Crippen molar-refractivity contribution in [3.8, 4) is 5.75 Å². The molecule has 0 radical (unpaired) electrons. The molecule has 1 N–H and O–H groups in total. The molecule has 0 spiro atoms. The molecule has 1 aliphatic carbocycles. The van der Waals surface area contributed by atoms with Gasteiger partial charge < -0.3 is 14.7 Å². The summed E-state index contributed by atoms with van der Waals surface area (Å²) in [5, 5.41) is 13.4. The Hall–Kier alpha value is -3.86. The fraction of sp³-hybridized carbons (Fsp3) is 0.214. The first-order valence-electron chi connectivity index (χ1n) is 11.2. The van der Waals surface area contributed by atoms with Gasteiger partial charge in [0, 0.05) is 17.0 Å². The Morgan fingerprint density at radius 2 is 1.67 bits per heavy atom. The number of oxime groups is 1. The number of rotatable bonds is 9. The lowest BCUT2D eigenvalue weighted by Gasteiger charge is -2.25. The molecule has 0 saturated carbocycles. The highest BCUT2D eigenvalue weighted by Crippen LogP contribution is 2.37. The lowest BCUT2D eigenvalue weighted by molar-refractivity contribution is -0.139. The molecule has 1 atom stereocenters. The first-order chi connectivity index (χ1) is 16.2. The van der Waals surface area contributed by atoms with Gasteiger partial charge in [-0.2, -0.15) is 0 Å². The van der Waals surface area contributed by atoms with Crippen LogP contribution in [-0.2, 0) is 16.1 Å². The maximum atomic E-state index is 10.9. The number of carboxylic acid groups (broad SMARTS) is 1. The molecule has 0 fully saturated rings. The fourth-order valence-electron chi connectivity index (χ4n) is 4.16. The highest BCUT2D eigenvalue weighted by atomic mass is 16.6. The van der Waals surface area contributed by atoms with E-state index < -0.39 is 5.97 Å². The third kappa shape index (κ3) is 5.89. The summed E-state index contributed by atoms with van der Waals surface area (Å²) in [6.07, 6.45) is 7.11. The van der Waals surface area contributed by atoms with E-state index in [1.165, 1.54) is 5.56 Å². The Bertz CT molecular complexity index is 1080. The van der Waals surface area contributed by atoms with Crippen molar-refractivity contribution >= 4 is 11.7 Å². The predicted molar refractivity (Wildman–Crippen MR) is 129 cm³/mol. The van der Waals surface area contributed by atoms with Crippen molar-refractivity contribution in [1.82, 2.24) is 0 Å². The summed E-state index contributed by atoms with van der Waals surface area (Å²) in [5.74, 6) is -0.0513. The molecule has 0 aliphatic heterocycles. The summed E-state index contributed by atoms with van der Waals surface area (Å²) in [5.41, 5.74) is 5.10. The van der Waals surface area contributed by atoms with Gasteiger partial charge in [-0.1, -0.05) is 84.0 Å². The second kappa shape index (κ2) is 11.1. The standard InChI is InChI=1S/C28H27NO4/c30-27(31)20-32-26-18-8-16-24-21(14-7-17-25(24)26)15-9-19-33-29-28(22-10-3-1-4-11-22)23-12-5-2-6-13-23/h1-6,8-13,15-16,18,21H,7,14,17,19-20H2,(H,30,31). The van der Waals surface area contributed by atoms with E-state index in [1.807, 2.05) is 78.9 Å². The fourth-order valence-corrected chi connectivity index (χ4v) is 4.16. The largest absolute Gasteiger partial charge is 0.482 e. The van der Waals surface area contributed by atoms with E-state index in [1.54, 1.807) is 0 Å². The highest BCUT2D eigenvalue weighted by Gasteiger charge is 2.21. The predicted octanol–water partition coefficient (Wildman–Crippen LogP) is 5.60. The van der Waals surface area contributed by atoms with E-state index in [2.05, 4.69) is 17.3 Å². The zero-order valence-electron chi connectivity index (χ0n) is 18.4. The molecule has 3 aromatic carbocycles. The summed E-state index contributed by atoms with van der Waals surface area (Å²) in [6.45, 7) is 0.0399.